The summed E-state index contributed by atoms with van der Waals surface area (Å²) in [5, 5.41) is 36.6. The van der Waals surface area contributed by atoms with Gasteiger partial charge in [0.1, 0.15) is 35.9 Å². The van der Waals surface area contributed by atoms with Gasteiger partial charge in [-0.2, -0.15) is 0 Å². The molecule has 10 heteroatoms. The molecule has 0 saturated carbocycles. The summed E-state index contributed by atoms with van der Waals surface area (Å²) in [7, 11) is 0. The number of rotatable bonds is 8. The molecule has 3 saturated heterocycles. The van der Waals surface area contributed by atoms with E-state index in [1.165, 1.54) is 31.0 Å². The van der Waals surface area contributed by atoms with E-state index < -0.39 is 47.3 Å². The van der Waals surface area contributed by atoms with E-state index in [1.54, 1.807) is 13.2 Å². The number of hydrogen-bond acceptors (Lipinski definition) is 8. The molecular weight excluding hydrogens is 456 g/mol. The van der Waals surface area contributed by atoms with Gasteiger partial charge in [0.2, 0.25) is 5.91 Å². The normalized spacial score (nSPS) is 42.0. The Bertz CT molecular complexity index is 615. The molecule has 5 unspecified atom stereocenters. The lowest BCUT2D eigenvalue weighted by molar-refractivity contribution is -0.205. The van der Waals surface area contributed by atoms with Crippen LogP contribution < -0.4 is 10.6 Å². The lowest BCUT2D eigenvalue weighted by atomic mass is 9.87. The molecule has 0 spiro atoms. The highest BCUT2D eigenvalue weighted by Gasteiger charge is 2.49. The maximum atomic E-state index is 13.3. The molecule has 186 valence electrons. The molecule has 1 amide bonds. The highest BCUT2D eigenvalue weighted by molar-refractivity contribution is 7.99. The maximum Gasteiger partial charge on any atom is 0.240 e. The first kappa shape index (κ1) is 26.5. The zero-order chi connectivity index (χ0) is 23.4. The lowest BCUT2D eigenvalue weighted by Gasteiger charge is -2.44. The molecule has 5 N–H and O–H groups in total. The van der Waals surface area contributed by atoms with Gasteiger partial charge < -0.3 is 35.4 Å². The molecule has 3 aliphatic heterocycles. The van der Waals surface area contributed by atoms with E-state index in [-0.39, 0.29) is 17.9 Å². The zero-order valence-electron chi connectivity index (χ0n) is 19.2. The van der Waals surface area contributed by atoms with E-state index in [0.717, 1.165) is 19.4 Å². The molecule has 0 aromatic heterocycles. The molecule has 0 aromatic rings. The third-order valence-corrected chi connectivity index (χ3v) is 8.24. The fourth-order valence-electron chi connectivity index (χ4n) is 5.22. The van der Waals surface area contributed by atoms with Crippen LogP contribution in [0.5, 0.6) is 0 Å². The summed E-state index contributed by atoms with van der Waals surface area (Å²) in [5.41, 5.74) is -0.729. The van der Waals surface area contributed by atoms with Crippen LogP contribution >= 0.6 is 23.4 Å². The number of aliphatic hydroxyl groups is 3. The van der Waals surface area contributed by atoms with Crippen LogP contribution in [0, 0.1) is 11.8 Å². The van der Waals surface area contributed by atoms with Crippen molar-refractivity contribution in [3.05, 3.63) is 0 Å². The van der Waals surface area contributed by atoms with Crippen LogP contribution in [0.25, 0.3) is 0 Å². The van der Waals surface area contributed by atoms with Gasteiger partial charge in [-0.25, -0.2) is 0 Å². The number of halogens is 1. The number of hydrogen-bond donors (Lipinski definition) is 5. The van der Waals surface area contributed by atoms with Crippen LogP contribution in [0.4, 0.5) is 0 Å². The lowest BCUT2D eigenvalue weighted by Crippen LogP contribution is -2.65. The highest BCUT2D eigenvalue weighted by Crippen LogP contribution is 2.34. The number of nitrogens with one attached hydrogen (secondary N) is 2. The van der Waals surface area contributed by atoms with Crippen LogP contribution in [0.1, 0.15) is 46.0 Å². The SMILES string of the molecule is CCCC[C@@H]1CCO[C@@H]2[C@H](CN[C@@H]2C(=O)N[C@@H](C2OC(SC)C(O)C(O)C2O)[C@H](C)Cl)C1. The predicted molar refractivity (Wildman–Crippen MR) is 125 cm³/mol. The van der Waals surface area contributed by atoms with E-state index in [1.807, 2.05) is 0 Å². The molecular formula is C22H39ClN2O6S. The molecule has 3 rings (SSSR count). The number of fused-ring (bicyclic) bond motifs is 1. The quantitative estimate of drug-likeness (QED) is 0.315. The minimum atomic E-state index is -1.39. The van der Waals surface area contributed by atoms with Crippen molar-refractivity contribution in [2.75, 3.05) is 19.4 Å². The van der Waals surface area contributed by atoms with Crippen LogP contribution in [-0.4, -0.2) is 94.1 Å². The Balaban J connectivity index is 1.66. The zero-order valence-corrected chi connectivity index (χ0v) is 20.7. The Kier molecular flexibility index (Phi) is 9.94. The van der Waals surface area contributed by atoms with Gasteiger partial charge in [-0.1, -0.05) is 26.2 Å². The van der Waals surface area contributed by atoms with Gasteiger partial charge in [0, 0.05) is 13.2 Å². The molecule has 32 heavy (non-hydrogen) atoms. The van der Waals surface area contributed by atoms with Crippen molar-refractivity contribution in [1.29, 1.82) is 0 Å². The first-order valence-electron chi connectivity index (χ1n) is 11.8. The van der Waals surface area contributed by atoms with E-state index in [9.17, 15) is 20.1 Å². The van der Waals surface area contributed by atoms with Crippen molar-refractivity contribution in [2.24, 2.45) is 11.8 Å². The molecule has 0 aromatic carbocycles. The van der Waals surface area contributed by atoms with E-state index in [2.05, 4.69) is 17.6 Å². The Morgan fingerprint density at radius 2 is 2.03 bits per heavy atom. The van der Waals surface area contributed by atoms with Crippen molar-refractivity contribution in [3.8, 4) is 0 Å². The summed E-state index contributed by atoms with van der Waals surface area (Å²) in [4.78, 5) is 13.3. The number of alkyl halides is 1. The number of carbonyl (C=O) groups is 1. The molecule has 8 nitrogen and oxygen atoms in total. The maximum absolute atomic E-state index is 13.3. The Morgan fingerprint density at radius 3 is 2.69 bits per heavy atom. The second-order valence-corrected chi connectivity index (χ2v) is 11.0. The first-order valence-corrected chi connectivity index (χ1v) is 13.5. The molecule has 0 radical (unpaired) electrons. The molecule has 3 heterocycles. The second-order valence-electron chi connectivity index (χ2n) is 9.40. The van der Waals surface area contributed by atoms with Crippen molar-refractivity contribution in [2.45, 2.75) is 99.4 Å². The van der Waals surface area contributed by atoms with Crippen molar-refractivity contribution >= 4 is 29.3 Å². The number of carbonyl (C=O) groups excluding carboxylic acids is 1. The fourth-order valence-corrected chi connectivity index (χ4v) is 6.11. The first-order chi connectivity index (χ1) is 15.3. The minimum Gasteiger partial charge on any atom is -0.388 e. The topological polar surface area (TPSA) is 120 Å². The van der Waals surface area contributed by atoms with E-state index in [0.29, 0.717) is 12.5 Å². The van der Waals surface area contributed by atoms with E-state index in [4.69, 9.17) is 21.1 Å². The van der Waals surface area contributed by atoms with E-state index >= 15 is 0 Å². The van der Waals surface area contributed by atoms with Crippen molar-refractivity contribution < 1.29 is 29.6 Å². The van der Waals surface area contributed by atoms with Gasteiger partial charge in [-0.15, -0.1) is 23.4 Å². The van der Waals surface area contributed by atoms with Crippen LogP contribution in [0.15, 0.2) is 0 Å². The Labute approximate surface area is 200 Å². The second kappa shape index (κ2) is 12.0. The summed E-state index contributed by atoms with van der Waals surface area (Å²) in [6, 6.07) is -1.25. The van der Waals surface area contributed by atoms with Gasteiger partial charge in [0.25, 0.3) is 0 Å². The largest absolute Gasteiger partial charge is 0.388 e. The molecule has 3 aliphatic rings. The molecule has 11 atom stereocenters. The van der Waals surface area contributed by atoms with Gasteiger partial charge in [0.05, 0.1) is 17.5 Å². The Hall–Kier alpha value is -0.130. The molecule has 3 fully saturated rings. The number of amides is 1. The third kappa shape index (κ3) is 5.92. The van der Waals surface area contributed by atoms with Gasteiger partial charge >= 0.3 is 0 Å². The number of thioether (sulfide) groups is 1. The summed E-state index contributed by atoms with van der Waals surface area (Å²) in [5.74, 6) is 0.668. The van der Waals surface area contributed by atoms with Gasteiger partial charge in [0.15, 0.2) is 0 Å². The number of ether oxygens (including phenoxy) is 2. The fraction of sp³-hybridized carbons (Fsp3) is 0.955. The smallest absolute Gasteiger partial charge is 0.240 e. The highest BCUT2D eigenvalue weighted by atomic mass is 35.5. The Morgan fingerprint density at radius 1 is 1.28 bits per heavy atom. The summed E-state index contributed by atoms with van der Waals surface area (Å²) >= 11 is 7.62. The molecule has 0 aliphatic carbocycles. The third-order valence-electron chi connectivity index (χ3n) is 7.11. The standard InChI is InChI=1S/C22H39ClN2O6S/c1-4-5-6-12-7-8-30-19-13(9-12)10-24-15(19)21(29)25-14(11(2)23)20-17(27)16(26)18(28)22(31-20)32-3/h11-20,22,24,26-28H,4-10H2,1-3H3,(H,25,29)/t11-,12+,13-,14+,15-,16?,17?,18?,19+,20?,22?/m0/s1. The van der Waals surface area contributed by atoms with Gasteiger partial charge in [-0.3, -0.25) is 4.79 Å². The van der Waals surface area contributed by atoms with Gasteiger partial charge in [-0.05, 0) is 37.9 Å². The van der Waals surface area contributed by atoms with Crippen molar-refractivity contribution in [3.63, 3.8) is 0 Å². The average molecular weight is 495 g/mol. The summed E-state index contributed by atoms with van der Waals surface area (Å²) in [6.07, 6.45) is 2.29. The summed E-state index contributed by atoms with van der Waals surface area (Å²) in [6.45, 7) is 5.30. The monoisotopic (exact) mass is 494 g/mol. The number of aliphatic hydroxyl groups excluding tert-OH is 3. The van der Waals surface area contributed by atoms with Crippen molar-refractivity contribution in [1.82, 2.24) is 10.6 Å². The summed E-state index contributed by atoms with van der Waals surface area (Å²) < 4.78 is 12.0. The van der Waals surface area contributed by atoms with Crippen LogP contribution in [-0.2, 0) is 14.3 Å². The number of unbranched alkanes of at least 4 members (excludes halogenated alkanes) is 1. The molecule has 0 bridgehead atoms. The van der Waals surface area contributed by atoms with Crippen LogP contribution in [0.3, 0.4) is 0 Å². The minimum absolute atomic E-state index is 0.198. The van der Waals surface area contributed by atoms with Crippen LogP contribution in [0.2, 0.25) is 0 Å². The average Bonchev–Trinajstić information content (AvgIpc) is 3.05. The predicted octanol–water partition coefficient (Wildman–Crippen LogP) is 0.843.